The van der Waals surface area contributed by atoms with Crippen molar-refractivity contribution in [3.05, 3.63) is 215 Å². The fourth-order valence-electron chi connectivity index (χ4n) is 8.19. The number of hydrogen-bond acceptors (Lipinski definition) is 10. The smallest absolute Gasteiger partial charge is 0.186 e. The molecule has 6 aromatic carbocycles. The second kappa shape index (κ2) is 25.0. The van der Waals surface area contributed by atoms with E-state index < -0.39 is 55.3 Å². The van der Waals surface area contributed by atoms with Crippen LogP contribution in [0.5, 0.6) is 0 Å². The van der Waals surface area contributed by atoms with Crippen LogP contribution in [-0.4, -0.2) is 75.6 Å². The van der Waals surface area contributed by atoms with Crippen LogP contribution in [0.1, 0.15) is 39.8 Å². The Hall–Kier alpha value is -5.08. The predicted molar refractivity (Wildman–Crippen MR) is 246 cm³/mol. The van der Waals surface area contributed by atoms with Crippen molar-refractivity contribution in [2.45, 2.75) is 101 Å². The van der Waals surface area contributed by atoms with Gasteiger partial charge in [-0.25, -0.2) is 0 Å². The zero-order valence-electron chi connectivity index (χ0n) is 37.0. The van der Waals surface area contributed by atoms with Gasteiger partial charge in [0.05, 0.1) is 59.0 Å². The molecule has 2 aliphatic rings. The van der Waals surface area contributed by atoms with E-state index in [2.05, 4.69) is 24.3 Å². The molecule has 2 heterocycles. The maximum absolute atomic E-state index is 6.84. The molecule has 10 nitrogen and oxygen atoms in total. The van der Waals surface area contributed by atoms with Gasteiger partial charge in [0.25, 0.3) is 0 Å². The number of rotatable bonds is 23. The molecule has 0 unspecified atom stereocenters. The Morgan fingerprint density at radius 2 is 0.738 bits per heavy atom. The maximum Gasteiger partial charge on any atom is 0.186 e. The van der Waals surface area contributed by atoms with Gasteiger partial charge in [-0.3, -0.25) is 0 Å². The Morgan fingerprint density at radius 3 is 1.18 bits per heavy atom. The number of benzene rings is 6. The predicted octanol–water partition coefficient (Wildman–Crippen LogP) is 9.63. The first kappa shape index (κ1) is 46.4. The monoisotopic (exact) mass is 880 g/mol. The SMILES string of the molecule is CO[C@H]1O[C@H](CO[C@@H]2C[C@@H](OCc3ccccc3)[C@H](OCc3ccccc3)[C@@H](COCc3ccccc3)O2)[C@@H](OCc2ccccc2)[C@H](OCc2ccccc2)[C@H]1OCc1ccccc1. The van der Waals surface area contributed by atoms with Crippen molar-refractivity contribution in [1.29, 1.82) is 0 Å². The van der Waals surface area contributed by atoms with Gasteiger partial charge < -0.3 is 47.4 Å². The van der Waals surface area contributed by atoms with E-state index in [0.29, 0.717) is 46.1 Å². The van der Waals surface area contributed by atoms with Crippen molar-refractivity contribution in [2.24, 2.45) is 0 Å². The molecule has 2 saturated heterocycles. The summed E-state index contributed by atoms with van der Waals surface area (Å²) >= 11 is 0. The average Bonchev–Trinajstić information content (AvgIpc) is 3.37. The largest absolute Gasteiger partial charge is 0.374 e. The highest BCUT2D eigenvalue weighted by Gasteiger charge is 2.50. The van der Waals surface area contributed by atoms with Gasteiger partial charge in [-0.15, -0.1) is 0 Å². The van der Waals surface area contributed by atoms with Crippen molar-refractivity contribution in [3.63, 3.8) is 0 Å². The summed E-state index contributed by atoms with van der Waals surface area (Å²) < 4.78 is 66.6. The third kappa shape index (κ3) is 14.0. The highest BCUT2D eigenvalue weighted by molar-refractivity contribution is 5.18. The third-order valence-corrected chi connectivity index (χ3v) is 11.6. The van der Waals surface area contributed by atoms with Crippen molar-refractivity contribution in [2.75, 3.05) is 20.3 Å². The van der Waals surface area contributed by atoms with E-state index in [1.54, 1.807) is 7.11 Å². The third-order valence-electron chi connectivity index (χ3n) is 11.6. The van der Waals surface area contributed by atoms with Gasteiger partial charge in [-0.1, -0.05) is 182 Å². The maximum atomic E-state index is 6.84. The van der Waals surface area contributed by atoms with E-state index in [9.17, 15) is 0 Å². The number of methoxy groups -OCH3 is 1. The van der Waals surface area contributed by atoms with Gasteiger partial charge in [0, 0.05) is 13.5 Å². The fourth-order valence-corrected chi connectivity index (χ4v) is 8.19. The second-order valence-corrected chi connectivity index (χ2v) is 16.3. The first-order valence-corrected chi connectivity index (χ1v) is 22.5. The van der Waals surface area contributed by atoms with Crippen LogP contribution in [0.2, 0.25) is 0 Å². The molecule has 0 N–H and O–H groups in total. The minimum Gasteiger partial charge on any atom is -0.374 e. The van der Waals surface area contributed by atoms with Crippen LogP contribution in [0, 0.1) is 0 Å². The van der Waals surface area contributed by atoms with Gasteiger partial charge in [-0.05, 0) is 33.4 Å². The van der Waals surface area contributed by atoms with Gasteiger partial charge in [0.2, 0.25) is 0 Å². The van der Waals surface area contributed by atoms with Gasteiger partial charge in [0.1, 0.15) is 36.6 Å². The molecular formula is C55H60O10. The molecule has 0 radical (unpaired) electrons. The molecule has 2 aliphatic heterocycles. The van der Waals surface area contributed by atoms with Crippen molar-refractivity contribution < 1.29 is 47.4 Å². The Morgan fingerprint density at radius 1 is 0.369 bits per heavy atom. The van der Waals surface area contributed by atoms with Crippen LogP contribution in [0.4, 0.5) is 0 Å². The molecule has 0 bridgehead atoms. The molecular weight excluding hydrogens is 821 g/mol. The first-order valence-electron chi connectivity index (χ1n) is 22.5. The molecule has 9 atom stereocenters. The standard InChI is InChI=1S/C55H60O10/c1-56-55-54(63-38-46-30-18-7-19-31-46)53(62-37-45-28-16-6-17-29-45)52(61-36-44-26-14-5-15-27-44)49(65-55)40-59-50-32-47(58-34-42-22-10-3-11-23-42)51(60-35-43-24-12-4-13-25-43)48(64-50)39-57-33-41-20-8-2-9-21-41/h2-31,47-55H,32-40H2,1H3/t47-,48-,49-,50+,51+,52-,53+,54-,55+/m1/s1. The minimum absolute atomic E-state index is 0.0964. The lowest BCUT2D eigenvalue weighted by molar-refractivity contribution is -0.334. The Bertz CT molecular complexity index is 2190. The van der Waals surface area contributed by atoms with E-state index >= 15 is 0 Å². The molecule has 340 valence electrons. The molecule has 6 aromatic rings. The molecule has 0 aromatic heterocycles. The van der Waals surface area contributed by atoms with E-state index in [0.717, 1.165) is 33.4 Å². The highest BCUT2D eigenvalue weighted by Crippen LogP contribution is 2.33. The summed E-state index contributed by atoms with van der Waals surface area (Å²) in [5, 5.41) is 0. The summed E-state index contributed by atoms with van der Waals surface area (Å²) in [5.41, 5.74) is 6.22. The average molecular weight is 881 g/mol. The normalized spacial score (nSPS) is 24.4. The van der Waals surface area contributed by atoms with Gasteiger partial charge in [-0.2, -0.15) is 0 Å². The van der Waals surface area contributed by atoms with E-state index in [4.69, 9.17) is 47.4 Å². The zero-order chi connectivity index (χ0) is 44.3. The van der Waals surface area contributed by atoms with E-state index in [-0.39, 0.29) is 13.2 Å². The number of ether oxygens (including phenoxy) is 10. The molecule has 0 spiro atoms. The second-order valence-electron chi connectivity index (χ2n) is 16.3. The summed E-state index contributed by atoms with van der Waals surface area (Å²) in [7, 11) is 1.62. The molecule has 0 aliphatic carbocycles. The summed E-state index contributed by atoms with van der Waals surface area (Å²) in [6.45, 7) is 2.51. The lowest BCUT2D eigenvalue weighted by Gasteiger charge is -2.46. The minimum atomic E-state index is -0.797. The zero-order valence-corrected chi connectivity index (χ0v) is 37.0. The molecule has 65 heavy (non-hydrogen) atoms. The topological polar surface area (TPSA) is 92.3 Å². The van der Waals surface area contributed by atoms with Crippen LogP contribution in [0.3, 0.4) is 0 Å². The van der Waals surface area contributed by atoms with Gasteiger partial charge >= 0.3 is 0 Å². The lowest BCUT2D eigenvalue weighted by Crippen LogP contribution is -2.62. The Labute approximate surface area is 383 Å². The molecule has 0 saturated carbocycles. The summed E-state index contributed by atoms with van der Waals surface area (Å²) in [6.07, 6.45) is -5.02. The lowest BCUT2D eigenvalue weighted by atomic mass is 9.97. The number of hydrogen-bond donors (Lipinski definition) is 0. The van der Waals surface area contributed by atoms with Crippen LogP contribution in [0.15, 0.2) is 182 Å². The van der Waals surface area contributed by atoms with Crippen molar-refractivity contribution in [1.82, 2.24) is 0 Å². The van der Waals surface area contributed by atoms with Crippen molar-refractivity contribution >= 4 is 0 Å². The quantitative estimate of drug-likeness (QED) is 0.0620. The van der Waals surface area contributed by atoms with E-state index in [1.807, 2.05) is 158 Å². The van der Waals surface area contributed by atoms with Crippen LogP contribution >= 0.6 is 0 Å². The molecule has 8 rings (SSSR count). The Balaban J connectivity index is 1.05. The first-order chi connectivity index (χ1) is 32.2. The summed E-state index contributed by atoms with van der Waals surface area (Å²) in [4.78, 5) is 0. The van der Waals surface area contributed by atoms with Gasteiger partial charge in [0.15, 0.2) is 12.6 Å². The summed E-state index contributed by atoms with van der Waals surface area (Å²) in [6, 6.07) is 60.6. The molecule has 10 heteroatoms. The van der Waals surface area contributed by atoms with Crippen LogP contribution < -0.4 is 0 Å². The molecule has 2 fully saturated rings. The fraction of sp³-hybridized carbons (Fsp3) is 0.345. The Kier molecular flexibility index (Phi) is 17.9. The highest BCUT2D eigenvalue weighted by atomic mass is 16.7. The summed E-state index contributed by atoms with van der Waals surface area (Å²) in [5.74, 6) is 0. The van der Waals surface area contributed by atoms with Crippen LogP contribution in [0.25, 0.3) is 0 Å². The molecule has 0 amide bonds. The van der Waals surface area contributed by atoms with E-state index in [1.165, 1.54) is 0 Å². The van der Waals surface area contributed by atoms with Crippen LogP contribution in [-0.2, 0) is 87.0 Å². The van der Waals surface area contributed by atoms with Crippen molar-refractivity contribution in [3.8, 4) is 0 Å².